The molecule has 1 aromatic carbocycles. The van der Waals surface area contributed by atoms with Gasteiger partial charge in [-0.15, -0.1) is 10.2 Å². The van der Waals surface area contributed by atoms with Crippen LogP contribution in [0.1, 0.15) is 5.76 Å². The van der Waals surface area contributed by atoms with Crippen LogP contribution in [0, 0.1) is 0 Å². The molecule has 0 aliphatic carbocycles. The Kier molecular flexibility index (Phi) is 4.43. The molecule has 3 N–H and O–H groups in total. The van der Waals surface area contributed by atoms with Crippen LogP contribution in [0.4, 0.5) is 0 Å². The van der Waals surface area contributed by atoms with Crippen molar-refractivity contribution in [1.29, 1.82) is 0 Å². The molecule has 124 valence electrons. The van der Waals surface area contributed by atoms with E-state index < -0.39 is 11.2 Å². The summed E-state index contributed by atoms with van der Waals surface area (Å²) in [5.41, 5.74) is 0.304. The van der Waals surface area contributed by atoms with Crippen molar-refractivity contribution in [1.82, 2.24) is 14.9 Å². The average molecular weight is 346 g/mol. The number of hydrogen-bond donors (Lipinski definition) is 2. The zero-order valence-electron chi connectivity index (χ0n) is 12.7. The molecule has 0 unspecified atom stereocenters. The van der Waals surface area contributed by atoms with Crippen molar-refractivity contribution in [3.05, 3.63) is 52.6 Å². The lowest BCUT2D eigenvalue weighted by Crippen LogP contribution is -2.11. The van der Waals surface area contributed by atoms with E-state index >= 15 is 0 Å². The van der Waals surface area contributed by atoms with Crippen LogP contribution in [-0.4, -0.2) is 27.1 Å². The molecule has 3 rings (SSSR count). The minimum absolute atomic E-state index is 0.327. The van der Waals surface area contributed by atoms with E-state index in [-0.39, 0.29) is 0 Å². The molecule has 0 aliphatic rings. The fourth-order valence-corrected chi connectivity index (χ4v) is 2.71. The summed E-state index contributed by atoms with van der Waals surface area (Å²) in [5, 5.41) is 17.8. The molecule has 2 heterocycles. The second-order valence-corrected chi connectivity index (χ2v) is 5.73. The first kappa shape index (κ1) is 15.9. The zero-order valence-corrected chi connectivity index (χ0v) is 13.5. The summed E-state index contributed by atoms with van der Waals surface area (Å²) in [7, 11) is 1.59. The van der Waals surface area contributed by atoms with E-state index in [9.17, 15) is 9.90 Å². The third-order valence-corrected chi connectivity index (χ3v) is 4.19. The highest BCUT2D eigenvalue weighted by molar-refractivity contribution is 7.98. The van der Waals surface area contributed by atoms with Gasteiger partial charge < -0.3 is 20.1 Å². The molecular weight excluding hydrogens is 332 g/mol. The van der Waals surface area contributed by atoms with Gasteiger partial charge in [0.05, 0.1) is 12.9 Å². The largest absolute Gasteiger partial charge is 0.502 e. The monoisotopic (exact) mass is 346 g/mol. The number of nitrogens with zero attached hydrogens (tertiary/aromatic N) is 3. The lowest BCUT2D eigenvalue weighted by molar-refractivity contribution is 0.415. The van der Waals surface area contributed by atoms with Gasteiger partial charge in [-0.25, -0.2) is 4.68 Å². The SMILES string of the molecule is COc1ccc(-c2nnc(SCc3cc(=O)c(O)co3)n2N)cc1. The maximum absolute atomic E-state index is 11.4. The van der Waals surface area contributed by atoms with Gasteiger partial charge in [0.15, 0.2) is 11.6 Å². The van der Waals surface area contributed by atoms with Crippen molar-refractivity contribution < 1.29 is 14.3 Å². The van der Waals surface area contributed by atoms with Gasteiger partial charge in [0.2, 0.25) is 10.6 Å². The Balaban J connectivity index is 1.76. The second kappa shape index (κ2) is 6.67. The molecular formula is C15H14N4O4S. The molecule has 0 saturated carbocycles. The molecule has 0 saturated heterocycles. The van der Waals surface area contributed by atoms with Gasteiger partial charge in [0.1, 0.15) is 17.8 Å². The van der Waals surface area contributed by atoms with Crippen molar-refractivity contribution in [2.24, 2.45) is 0 Å². The van der Waals surface area contributed by atoms with Gasteiger partial charge in [-0.1, -0.05) is 11.8 Å². The smallest absolute Gasteiger partial charge is 0.226 e. The number of benzene rings is 1. The standard InChI is InChI=1S/C15H14N4O4S/c1-22-10-4-2-9(3-5-10)14-17-18-15(19(14)16)24-8-11-6-12(20)13(21)7-23-11/h2-7,21H,8,16H2,1H3. The number of hydrogen-bond acceptors (Lipinski definition) is 8. The fraction of sp³-hybridized carbons (Fsp3) is 0.133. The van der Waals surface area contributed by atoms with Crippen LogP contribution >= 0.6 is 11.8 Å². The predicted molar refractivity (Wildman–Crippen MR) is 88.4 cm³/mol. The van der Waals surface area contributed by atoms with E-state index in [0.717, 1.165) is 17.6 Å². The summed E-state index contributed by atoms with van der Waals surface area (Å²) in [5.74, 6) is 7.58. The minimum Gasteiger partial charge on any atom is -0.502 e. The highest BCUT2D eigenvalue weighted by Crippen LogP contribution is 2.25. The number of ether oxygens (including phenoxy) is 1. The van der Waals surface area contributed by atoms with E-state index in [1.54, 1.807) is 7.11 Å². The molecule has 0 fully saturated rings. The van der Waals surface area contributed by atoms with Crippen LogP contribution in [0.2, 0.25) is 0 Å². The fourth-order valence-electron chi connectivity index (χ4n) is 1.97. The van der Waals surface area contributed by atoms with E-state index in [4.69, 9.17) is 15.0 Å². The maximum Gasteiger partial charge on any atom is 0.226 e. The van der Waals surface area contributed by atoms with Crippen molar-refractivity contribution >= 4 is 11.8 Å². The molecule has 0 aliphatic heterocycles. The number of nitrogens with two attached hydrogens (primary N) is 1. The first-order valence-electron chi connectivity index (χ1n) is 6.87. The molecule has 24 heavy (non-hydrogen) atoms. The Morgan fingerprint density at radius 1 is 1.33 bits per heavy atom. The summed E-state index contributed by atoms with van der Waals surface area (Å²) in [6, 6.07) is 8.51. The first-order chi connectivity index (χ1) is 11.6. The van der Waals surface area contributed by atoms with E-state index in [0.29, 0.717) is 22.5 Å². The third-order valence-electron chi connectivity index (χ3n) is 3.22. The average Bonchev–Trinajstić information content (AvgIpc) is 2.97. The summed E-state index contributed by atoms with van der Waals surface area (Å²) < 4.78 is 11.6. The van der Waals surface area contributed by atoms with Crippen LogP contribution in [0.15, 0.2) is 51.0 Å². The Morgan fingerprint density at radius 2 is 2.08 bits per heavy atom. The number of methoxy groups -OCH3 is 1. The molecule has 3 aromatic rings. The number of aromatic nitrogens is 3. The van der Waals surface area contributed by atoms with Crippen molar-refractivity contribution in [3.63, 3.8) is 0 Å². The van der Waals surface area contributed by atoms with Gasteiger partial charge in [-0.3, -0.25) is 4.79 Å². The van der Waals surface area contributed by atoms with E-state index in [1.165, 1.54) is 22.5 Å². The summed E-state index contributed by atoms with van der Waals surface area (Å²) in [4.78, 5) is 11.4. The zero-order chi connectivity index (χ0) is 17.1. The van der Waals surface area contributed by atoms with Crippen LogP contribution in [-0.2, 0) is 5.75 Å². The predicted octanol–water partition coefficient (Wildman–Crippen LogP) is 1.62. The Morgan fingerprint density at radius 3 is 2.75 bits per heavy atom. The van der Waals surface area contributed by atoms with Crippen molar-refractivity contribution in [2.45, 2.75) is 10.9 Å². The van der Waals surface area contributed by atoms with Crippen LogP contribution in [0.25, 0.3) is 11.4 Å². The normalized spacial score (nSPS) is 10.7. The third kappa shape index (κ3) is 3.20. The Bertz CT molecular complexity index is 905. The molecule has 9 heteroatoms. The second-order valence-electron chi connectivity index (χ2n) is 4.79. The molecule has 2 aromatic heterocycles. The van der Waals surface area contributed by atoms with E-state index in [2.05, 4.69) is 10.2 Å². The summed E-state index contributed by atoms with van der Waals surface area (Å²) in [6.45, 7) is 0. The topological polar surface area (TPSA) is 116 Å². The quantitative estimate of drug-likeness (QED) is 0.529. The highest BCUT2D eigenvalue weighted by atomic mass is 32.2. The van der Waals surface area contributed by atoms with Crippen LogP contribution in [0.3, 0.4) is 0 Å². The molecule has 8 nitrogen and oxygen atoms in total. The number of aromatic hydroxyl groups is 1. The molecule has 0 spiro atoms. The van der Waals surface area contributed by atoms with Crippen LogP contribution < -0.4 is 16.0 Å². The lowest BCUT2D eigenvalue weighted by Gasteiger charge is -2.04. The van der Waals surface area contributed by atoms with Crippen LogP contribution in [0.5, 0.6) is 11.5 Å². The van der Waals surface area contributed by atoms with Crippen molar-refractivity contribution in [2.75, 3.05) is 13.0 Å². The summed E-state index contributed by atoms with van der Waals surface area (Å²) in [6.07, 6.45) is 1.01. The lowest BCUT2D eigenvalue weighted by atomic mass is 10.2. The Hall–Kier alpha value is -2.94. The number of rotatable bonds is 5. The van der Waals surface area contributed by atoms with Crippen molar-refractivity contribution in [3.8, 4) is 22.9 Å². The molecule has 0 radical (unpaired) electrons. The first-order valence-corrected chi connectivity index (χ1v) is 7.85. The molecule has 0 amide bonds. The van der Waals surface area contributed by atoms with Gasteiger partial charge in [0, 0.05) is 11.6 Å². The van der Waals surface area contributed by atoms with E-state index in [1.807, 2.05) is 24.3 Å². The minimum atomic E-state index is -0.495. The van der Waals surface area contributed by atoms with Gasteiger partial charge in [-0.05, 0) is 24.3 Å². The number of thioether (sulfide) groups is 1. The van der Waals surface area contributed by atoms with Gasteiger partial charge in [-0.2, -0.15) is 0 Å². The summed E-state index contributed by atoms with van der Waals surface area (Å²) >= 11 is 1.26. The van der Waals surface area contributed by atoms with Gasteiger partial charge in [0.25, 0.3) is 0 Å². The highest BCUT2D eigenvalue weighted by Gasteiger charge is 2.13. The molecule has 0 bridgehead atoms. The van der Waals surface area contributed by atoms with Gasteiger partial charge >= 0.3 is 0 Å². The number of nitrogen functional groups attached to an aromatic ring is 1. The Labute approximate surface area is 140 Å². The maximum atomic E-state index is 11.4. The molecule has 0 atom stereocenters.